The van der Waals surface area contributed by atoms with Gasteiger partial charge in [0.25, 0.3) is 0 Å². The van der Waals surface area contributed by atoms with Crippen molar-refractivity contribution in [3.63, 3.8) is 0 Å². The van der Waals surface area contributed by atoms with Gasteiger partial charge in [-0.2, -0.15) is 0 Å². The second kappa shape index (κ2) is 15.2. The van der Waals surface area contributed by atoms with Crippen LogP contribution < -0.4 is 15.5 Å². The predicted molar refractivity (Wildman–Crippen MR) is 138 cm³/mol. The van der Waals surface area contributed by atoms with E-state index < -0.39 is 0 Å². The summed E-state index contributed by atoms with van der Waals surface area (Å²) in [7, 11) is 3.37. The Labute approximate surface area is 208 Å². The summed E-state index contributed by atoms with van der Waals surface area (Å²) in [4.78, 5) is 22.6. The topological polar surface area (TPSA) is 72.4 Å². The number of piperazine rings is 1. The van der Waals surface area contributed by atoms with Crippen LogP contribution in [0.5, 0.6) is 0 Å². The number of hydrogen-bond acceptors (Lipinski definition) is 5. The number of benzene rings is 1. The largest absolute Gasteiger partial charge is 0.383 e. The van der Waals surface area contributed by atoms with Gasteiger partial charge in [0, 0.05) is 66.5 Å². The van der Waals surface area contributed by atoms with E-state index in [1.54, 1.807) is 20.2 Å². The molecule has 1 aliphatic heterocycles. The van der Waals surface area contributed by atoms with Gasteiger partial charge in [0.1, 0.15) is 5.82 Å². The van der Waals surface area contributed by atoms with E-state index in [1.807, 2.05) is 30.9 Å². The monoisotopic (exact) mass is 564 g/mol. The van der Waals surface area contributed by atoms with Crippen LogP contribution in [0.3, 0.4) is 0 Å². The van der Waals surface area contributed by atoms with E-state index in [4.69, 9.17) is 4.74 Å². The lowest BCUT2D eigenvalue weighted by molar-refractivity contribution is -0.122. The SMILES string of the molecule is CCN(CC)c1ccc(CNC(=NC)N2CCN(CC(=O)NCCOC)CC2)cc1F.I. The van der Waals surface area contributed by atoms with Gasteiger partial charge in [-0.3, -0.25) is 14.7 Å². The van der Waals surface area contributed by atoms with Crippen LogP contribution in [-0.2, 0) is 16.1 Å². The fraction of sp³-hybridized carbons (Fsp3) is 0.636. The number of rotatable bonds is 10. The number of carbonyl (C=O) groups excluding carboxylic acids is 1. The average molecular weight is 564 g/mol. The zero-order valence-electron chi connectivity index (χ0n) is 19.7. The van der Waals surface area contributed by atoms with Crippen molar-refractivity contribution < 1.29 is 13.9 Å². The fourth-order valence-electron chi connectivity index (χ4n) is 3.66. The summed E-state index contributed by atoms with van der Waals surface area (Å²) in [6.45, 7) is 10.7. The number of guanidine groups is 1. The molecule has 1 amide bonds. The number of methoxy groups -OCH3 is 1. The van der Waals surface area contributed by atoms with Gasteiger partial charge in [-0.15, -0.1) is 24.0 Å². The van der Waals surface area contributed by atoms with Crippen LogP contribution in [0.1, 0.15) is 19.4 Å². The normalized spacial score (nSPS) is 14.7. The van der Waals surface area contributed by atoms with Crippen LogP contribution in [0, 0.1) is 5.82 Å². The number of amides is 1. The van der Waals surface area contributed by atoms with Crippen LogP contribution in [0.2, 0.25) is 0 Å². The number of aliphatic imine (C=N–C) groups is 1. The molecule has 0 saturated carbocycles. The van der Waals surface area contributed by atoms with Crippen LogP contribution in [-0.4, -0.2) is 94.8 Å². The van der Waals surface area contributed by atoms with Crippen LogP contribution >= 0.6 is 24.0 Å². The van der Waals surface area contributed by atoms with Crippen molar-refractivity contribution >= 4 is 41.5 Å². The van der Waals surface area contributed by atoms with Crippen molar-refractivity contribution in [2.75, 3.05) is 78.0 Å². The summed E-state index contributed by atoms with van der Waals surface area (Å²) in [5, 5.41) is 6.18. The van der Waals surface area contributed by atoms with Crippen LogP contribution in [0.25, 0.3) is 0 Å². The molecule has 2 N–H and O–H groups in total. The first-order valence-electron chi connectivity index (χ1n) is 11.0. The van der Waals surface area contributed by atoms with Gasteiger partial charge in [0.15, 0.2) is 5.96 Å². The first-order chi connectivity index (χ1) is 15.0. The molecule has 0 aromatic heterocycles. The van der Waals surface area contributed by atoms with Gasteiger partial charge in [0.05, 0.1) is 18.8 Å². The molecular weight excluding hydrogens is 526 g/mol. The maximum atomic E-state index is 14.5. The number of ether oxygens (including phenoxy) is 1. The molecule has 0 unspecified atom stereocenters. The summed E-state index contributed by atoms with van der Waals surface area (Å²) in [6.07, 6.45) is 0. The minimum atomic E-state index is -0.199. The Hall–Kier alpha value is -1.66. The van der Waals surface area contributed by atoms with Crippen LogP contribution in [0.4, 0.5) is 10.1 Å². The highest BCUT2D eigenvalue weighted by atomic mass is 127. The Morgan fingerprint density at radius 2 is 1.88 bits per heavy atom. The average Bonchev–Trinajstić information content (AvgIpc) is 2.77. The summed E-state index contributed by atoms with van der Waals surface area (Å²) in [5.74, 6) is 0.607. The molecule has 10 heteroatoms. The number of anilines is 1. The highest BCUT2D eigenvalue weighted by Gasteiger charge is 2.21. The second-order valence-corrected chi connectivity index (χ2v) is 7.46. The molecule has 1 aliphatic rings. The molecule has 0 atom stereocenters. The third-order valence-electron chi connectivity index (χ3n) is 5.45. The number of halogens is 2. The van der Waals surface area contributed by atoms with E-state index in [1.165, 1.54) is 0 Å². The summed E-state index contributed by atoms with van der Waals surface area (Å²) in [6, 6.07) is 5.39. The molecule has 0 radical (unpaired) electrons. The molecule has 32 heavy (non-hydrogen) atoms. The summed E-state index contributed by atoms with van der Waals surface area (Å²) in [5.41, 5.74) is 1.52. The molecule has 0 aliphatic carbocycles. The van der Waals surface area contributed by atoms with E-state index in [2.05, 4.69) is 25.4 Å². The number of nitrogens with zero attached hydrogens (tertiary/aromatic N) is 4. The minimum Gasteiger partial charge on any atom is -0.383 e. The Morgan fingerprint density at radius 1 is 1.19 bits per heavy atom. The molecule has 1 aromatic rings. The number of hydrogen-bond donors (Lipinski definition) is 2. The Kier molecular flexibility index (Phi) is 13.5. The maximum Gasteiger partial charge on any atom is 0.234 e. The second-order valence-electron chi connectivity index (χ2n) is 7.46. The Bertz CT molecular complexity index is 724. The highest BCUT2D eigenvalue weighted by molar-refractivity contribution is 14.0. The summed E-state index contributed by atoms with van der Waals surface area (Å²) >= 11 is 0. The molecule has 2 rings (SSSR count). The predicted octanol–water partition coefficient (Wildman–Crippen LogP) is 1.75. The van der Waals surface area contributed by atoms with E-state index in [0.717, 1.165) is 50.8 Å². The molecule has 1 fully saturated rings. The van der Waals surface area contributed by atoms with Crippen molar-refractivity contribution in [2.45, 2.75) is 20.4 Å². The third-order valence-corrected chi connectivity index (χ3v) is 5.45. The molecule has 8 nitrogen and oxygen atoms in total. The van der Waals surface area contributed by atoms with Gasteiger partial charge in [-0.25, -0.2) is 4.39 Å². The molecule has 0 bridgehead atoms. The highest BCUT2D eigenvalue weighted by Crippen LogP contribution is 2.20. The molecule has 1 saturated heterocycles. The molecular formula is C22H38FIN6O2. The quantitative estimate of drug-likeness (QED) is 0.195. The molecule has 1 heterocycles. The van der Waals surface area contributed by atoms with E-state index in [0.29, 0.717) is 31.9 Å². The lowest BCUT2D eigenvalue weighted by atomic mass is 10.1. The van der Waals surface area contributed by atoms with Gasteiger partial charge < -0.3 is 25.2 Å². The van der Waals surface area contributed by atoms with E-state index in [-0.39, 0.29) is 35.7 Å². The molecule has 0 spiro atoms. The van der Waals surface area contributed by atoms with Crippen molar-refractivity contribution in [1.82, 2.24) is 20.4 Å². The first-order valence-corrected chi connectivity index (χ1v) is 11.0. The smallest absolute Gasteiger partial charge is 0.234 e. The zero-order chi connectivity index (χ0) is 22.6. The zero-order valence-corrected chi connectivity index (χ0v) is 22.0. The van der Waals surface area contributed by atoms with Crippen molar-refractivity contribution in [2.24, 2.45) is 4.99 Å². The number of carbonyl (C=O) groups is 1. The lowest BCUT2D eigenvalue weighted by Gasteiger charge is -2.36. The number of nitrogens with one attached hydrogen (secondary N) is 2. The Balaban J connectivity index is 0.00000512. The Morgan fingerprint density at radius 3 is 2.44 bits per heavy atom. The van der Waals surface area contributed by atoms with Crippen LogP contribution in [0.15, 0.2) is 23.2 Å². The third kappa shape index (κ3) is 8.70. The first kappa shape index (κ1) is 28.4. The van der Waals surface area contributed by atoms with Gasteiger partial charge in [-0.05, 0) is 31.5 Å². The fourth-order valence-corrected chi connectivity index (χ4v) is 3.66. The molecule has 1 aromatic carbocycles. The maximum absolute atomic E-state index is 14.5. The lowest BCUT2D eigenvalue weighted by Crippen LogP contribution is -2.54. The van der Waals surface area contributed by atoms with Crippen molar-refractivity contribution in [1.29, 1.82) is 0 Å². The van der Waals surface area contributed by atoms with Gasteiger partial charge in [-0.1, -0.05) is 6.07 Å². The molecule has 182 valence electrons. The van der Waals surface area contributed by atoms with E-state index in [9.17, 15) is 9.18 Å². The van der Waals surface area contributed by atoms with E-state index >= 15 is 0 Å². The van der Waals surface area contributed by atoms with Gasteiger partial charge >= 0.3 is 0 Å². The van der Waals surface area contributed by atoms with Gasteiger partial charge in [0.2, 0.25) is 5.91 Å². The van der Waals surface area contributed by atoms with Crippen molar-refractivity contribution in [3.05, 3.63) is 29.6 Å². The summed E-state index contributed by atoms with van der Waals surface area (Å²) < 4.78 is 19.5. The van der Waals surface area contributed by atoms with Crippen molar-refractivity contribution in [3.8, 4) is 0 Å². The minimum absolute atomic E-state index is 0. The standard InChI is InChI=1S/C22H37FN6O2.HI/c1-5-28(6-2)20-8-7-18(15-19(20)23)16-26-22(24-3)29-12-10-27(11-13-29)17-21(30)25-9-14-31-4;/h7-8,15H,5-6,9-14,16-17H2,1-4H3,(H,24,26)(H,25,30);1H.